The number of benzene rings is 1. The first-order chi connectivity index (χ1) is 13.8. The molecule has 11 heteroatoms. The van der Waals surface area contributed by atoms with Crippen LogP contribution in [0.5, 0.6) is 0 Å². The molecule has 1 aromatic carbocycles. The number of carbonyl (C=O) groups is 3. The van der Waals surface area contributed by atoms with Gasteiger partial charge in [-0.05, 0) is 36.4 Å². The Labute approximate surface area is 166 Å². The minimum absolute atomic E-state index is 0.00802. The Kier molecular flexibility index (Phi) is 5.79. The van der Waals surface area contributed by atoms with E-state index in [4.69, 9.17) is 4.42 Å². The van der Waals surface area contributed by atoms with Crippen LogP contribution < -0.4 is 10.6 Å². The summed E-state index contributed by atoms with van der Waals surface area (Å²) in [4.78, 5) is 46.8. The van der Waals surface area contributed by atoms with Gasteiger partial charge in [-0.2, -0.15) is 4.39 Å². The lowest BCUT2D eigenvalue weighted by Crippen LogP contribution is -2.34. The minimum atomic E-state index is -1.07. The Bertz CT molecular complexity index is 1090. The van der Waals surface area contributed by atoms with Crippen LogP contribution in [0.3, 0.4) is 0 Å². The van der Waals surface area contributed by atoms with Gasteiger partial charge in [0.05, 0.1) is 22.6 Å². The highest BCUT2D eigenvalue weighted by Gasteiger charge is 2.19. The van der Waals surface area contributed by atoms with Crippen LogP contribution in [0.1, 0.15) is 20.3 Å². The maximum Gasteiger partial charge on any atom is 0.313 e. The summed E-state index contributed by atoms with van der Waals surface area (Å²) in [5, 5.41) is 15.3. The van der Waals surface area contributed by atoms with E-state index < -0.39 is 28.2 Å². The fourth-order valence-corrected chi connectivity index (χ4v) is 3.18. The number of amides is 2. The molecule has 0 aliphatic heterocycles. The third kappa shape index (κ3) is 4.71. The van der Waals surface area contributed by atoms with Gasteiger partial charge in [-0.15, -0.1) is 11.3 Å². The van der Waals surface area contributed by atoms with Crippen molar-refractivity contribution in [1.29, 1.82) is 0 Å². The maximum absolute atomic E-state index is 13.3. The fourth-order valence-electron chi connectivity index (χ4n) is 2.29. The van der Waals surface area contributed by atoms with Gasteiger partial charge in [-0.25, -0.2) is 0 Å². The van der Waals surface area contributed by atoms with E-state index in [0.717, 1.165) is 29.5 Å². The highest BCUT2D eigenvalue weighted by atomic mass is 32.1. The third-order valence-electron chi connectivity index (χ3n) is 3.66. The minimum Gasteiger partial charge on any atom is -0.461 e. The average Bonchev–Trinajstić information content (AvgIpc) is 3.39. The quantitative estimate of drug-likeness (QED) is 0.274. The molecule has 0 aliphatic rings. The summed E-state index contributed by atoms with van der Waals surface area (Å²) >= 11 is 1.13. The van der Waals surface area contributed by atoms with E-state index >= 15 is 0 Å². The van der Waals surface area contributed by atoms with Gasteiger partial charge in [-0.3, -0.25) is 24.5 Å². The Balaban J connectivity index is 1.57. The number of hydrogen-bond donors (Lipinski definition) is 2. The summed E-state index contributed by atoms with van der Waals surface area (Å²) < 4.78 is 18.4. The molecule has 3 aromatic rings. The molecule has 0 spiro atoms. The number of nitro benzene ring substituents is 1. The van der Waals surface area contributed by atoms with Crippen molar-refractivity contribution >= 4 is 40.3 Å². The number of carbonyl (C=O) groups excluding carboxylic acids is 3. The summed E-state index contributed by atoms with van der Waals surface area (Å²) in [5.41, 5.74) is -0.920. The molecule has 0 bridgehead atoms. The van der Waals surface area contributed by atoms with E-state index in [1.807, 2.05) is 0 Å². The highest BCUT2D eigenvalue weighted by molar-refractivity contribution is 7.14. The molecule has 0 aliphatic carbocycles. The van der Waals surface area contributed by atoms with E-state index in [0.29, 0.717) is 9.75 Å². The maximum atomic E-state index is 13.3. The van der Waals surface area contributed by atoms with Gasteiger partial charge >= 0.3 is 17.5 Å². The molecule has 0 atom stereocenters. The number of nitrogens with zero attached hydrogens (tertiary/aromatic N) is 1. The molecule has 148 valence electrons. The lowest BCUT2D eigenvalue weighted by molar-refractivity contribution is -0.387. The van der Waals surface area contributed by atoms with Crippen LogP contribution in [-0.4, -0.2) is 22.5 Å². The van der Waals surface area contributed by atoms with Crippen LogP contribution in [0.2, 0.25) is 0 Å². The highest BCUT2D eigenvalue weighted by Crippen LogP contribution is 2.22. The van der Waals surface area contributed by atoms with Gasteiger partial charge in [0.2, 0.25) is 11.6 Å². The zero-order chi connectivity index (χ0) is 21.0. The first-order valence-electron chi connectivity index (χ1n) is 8.05. The molecule has 29 heavy (non-hydrogen) atoms. The number of thiophene rings is 1. The summed E-state index contributed by atoms with van der Waals surface area (Å²) in [6, 6.07) is 9.06. The van der Waals surface area contributed by atoms with Crippen LogP contribution in [0.15, 0.2) is 53.1 Å². The Morgan fingerprint density at radius 1 is 1.14 bits per heavy atom. The lowest BCUT2D eigenvalue weighted by Gasteiger charge is -2.06. The topological polar surface area (TPSA) is 132 Å². The molecule has 2 aromatic heterocycles. The second-order valence-electron chi connectivity index (χ2n) is 5.63. The van der Waals surface area contributed by atoms with Crippen molar-refractivity contribution in [3.05, 3.63) is 80.2 Å². The van der Waals surface area contributed by atoms with Crippen molar-refractivity contribution in [3.63, 3.8) is 0 Å². The number of ketones is 1. The van der Waals surface area contributed by atoms with Crippen molar-refractivity contribution in [2.24, 2.45) is 0 Å². The Morgan fingerprint density at radius 3 is 2.62 bits per heavy atom. The molecule has 0 unspecified atom stereocenters. The number of hydrogen-bond acceptors (Lipinski definition) is 7. The van der Waals surface area contributed by atoms with Crippen molar-refractivity contribution in [3.8, 4) is 0 Å². The molecular weight excluding hydrogens is 405 g/mol. The van der Waals surface area contributed by atoms with Crippen molar-refractivity contribution in [2.45, 2.75) is 6.54 Å². The van der Waals surface area contributed by atoms with Crippen molar-refractivity contribution in [2.75, 3.05) is 5.32 Å². The van der Waals surface area contributed by atoms with Gasteiger partial charge in [0.15, 0.2) is 5.76 Å². The van der Waals surface area contributed by atoms with Gasteiger partial charge in [-0.1, -0.05) is 0 Å². The van der Waals surface area contributed by atoms with Gasteiger partial charge in [0.25, 0.3) is 0 Å². The van der Waals surface area contributed by atoms with Crippen molar-refractivity contribution < 1.29 is 28.1 Å². The first kappa shape index (κ1) is 19.9. The molecule has 2 heterocycles. The number of furan rings is 1. The third-order valence-corrected chi connectivity index (χ3v) is 4.74. The van der Waals surface area contributed by atoms with Gasteiger partial charge < -0.3 is 15.1 Å². The Morgan fingerprint density at radius 2 is 1.93 bits per heavy atom. The second kappa shape index (κ2) is 8.44. The number of nitro groups is 1. The van der Waals surface area contributed by atoms with Crippen LogP contribution in [0.4, 0.5) is 15.8 Å². The zero-order valence-electron chi connectivity index (χ0n) is 14.5. The van der Waals surface area contributed by atoms with Crippen molar-refractivity contribution in [1.82, 2.24) is 5.32 Å². The van der Waals surface area contributed by atoms with Crippen LogP contribution in [0.25, 0.3) is 0 Å². The molecule has 0 saturated heterocycles. The molecule has 9 nitrogen and oxygen atoms in total. The predicted molar refractivity (Wildman–Crippen MR) is 100.0 cm³/mol. The summed E-state index contributed by atoms with van der Waals surface area (Å²) in [7, 11) is 0. The first-order valence-corrected chi connectivity index (χ1v) is 8.87. The standard InChI is InChI=1S/C18H12FN3O6S/c19-12-5-3-10(8-13(12)22(26)27)21-18(25)17(24)20-9-11-4-6-15(29-11)16(23)14-2-1-7-28-14/h1-8H,9H2,(H,20,24)(H,21,25). The van der Waals surface area contributed by atoms with Gasteiger partial charge in [0.1, 0.15) is 0 Å². The molecule has 2 N–H and O–H groups in total. The van der Waals surface area contributed by atoms with Crippen LogP contribution in [0, 0.1) is 15.9 Å². The summed E-state index contributed by atoms with van der Waals surface area (Å²) in [6.45, 7) is -0.00802. The molecule has 0 saturated carbocycles. The second-order valence-corrected chi connectivity index (χ2v) is 6.80. The smallest absolute Gasteiger partial charge is 0.313 e. The summed E-state index contributed by atoms with van der Waals surface area (Å²) in [5.74, 6) is -3.24. The number of halogens is 1. The Hall–Kier alpha value is -3.86. The largest absolute Gasteiger partial charge is 0.461 e. The van der Waals surface area contributed by atoms with E-state index in [1.54, 1.807) is 18.2 Å². The molecule has 0 radical (unpaired) electrons. The number of nitrogens with one attached hydrogen (secondary N) is 2. The zero-order valence-corrected chi connectivity index (χ0v) is 15.3. The SMILES string of the molecule is O=C(NCc1ccc(C(=O)c2ccco2)s1)C(=O)Nc1ccc(F)c([N+](=O)[O-])c1. The molecular formula is C18H12FN3O6S. The summed E-state index contributed by atoms with van der Waals surface area (Å²) in [6.07, 6.45) is 1.39. The lowest BCUT2D eigenvalue weighted by atomic mass is 10.2. The van der Waals surface area contributed by atoms with Gasteiger partial charge in [0, 0.05) is 16.6 Å². The van der Waals surface area contributed by atoms with Crippen LogP contribution in [-0.2, 0) is 16.1 Å². The van der Waals surface area contributed by atoms with E-state index in [2.05, 4.69) is 10.6 Å². The molecule has 0 fully saturated rings. The van der Waals surface area contributed by atoms with E-state index in [1.165, 1.54) is 12.3 Å². The molecule has 3 rings (SSSR count). The monoisotopic (exact) mass is 417 g/mol. The fraction of sp³-hybridized carbons (Fsp3) is 0.0556. The number of rotatable bonds is 6. The van der Waals surface area contributed by atoms with E-state index in [-0.39, 0.29) is 23.8 Å². The predicted octanol–water partition coefficient (Wildman–Crippen LogP) is 2.87. The van der Waals surface area contributed by atoms with Crippen LogP contribution >= 0.6 is 11.3 Å². The normalized spacial score (nSPS) is 10.4. The van der Waals surface area contributed by atoms with E-state index in [9.17, 15) is 28.9 Å². The molecule has 2 amide bonds. The average molecular weight is 417 g/mol. The number of anilines is 1.